The molecule has 0 saturated heterocycles. The lowest BCUT2D eigenvalue weighted by Crippen LogP contribution is -2.22. The fourth-order valence-electron chi connectivity index (χ4n) is 1.96. The second-order valence-electron chi connectivity index (χ2n) is 4.95. The van der Waals surface area contributed by atoms with Gasteiger partial charge in [0.25, 0.3) is 0 Å². The average Bonchev–Trinajstić information content (AvgIpc) is 2.49. The fraction of sp³-hybridized carbons (Fsp3) is 0.176. The molecule has 5 heteroatoms. The molecule has 2 rings (SSSR count). The molecule has 2 aromatic carbocycles. The summed E-state index contributed by atoms with van der Waals surface area (Å²) in [5, 5.41) is 2.86. The summed E-state index contributed by atoms with van der Waals surface area (Å²) in [5.41, 5.74) is 2.45. The third-order valence-electron chi connectivity index (χ3n) is 3.31. The van der Waals surface area contributed by atoms with E-state index in [1.54, 1.807) is 11.9 Å². The molecule has 1 N–H and O–H groups in total. The second-order valence-corrected chi connectivity index (χ2v) is 5.80. The second kappa shape index (κ2) is 7.22. The van der Waals surface area contributed by atoms with Crippen LogP contribution in [0.5, 0.6) is 0 Å². The Morgan fingerprint density at radius 1 is 1.09 bits per heavy atom. The number of rotatable bonds is 4. The van der Waals surface area contributed by atoms with Gasteiger partial charge in [-0.05, 0) is 45.8 Å². The van der Waals surface area contributed by atoms with Gasteiger partial charge in [-0.1, -0.05) is 24.3 Å². The lowest BCUT2D eigenvalue weighted by Gasteiger charge is -2.15. The molecule has 0 heterocycles. The highest BCUT2D eigenvalue weighted by Crippen LogP contribution is 2.21. The number of nitrogens with zero attached hydrogens (tertiary/aromatic N) is 1. The van der Waals surface area contributed by atoms with Gasteiger partial charge in [0.15, 0.2) is 0 Å². The van der Waals surface area contributed by atoms with Crippen LogP contribution in [0, 0.1) is 0 Å². The minimum Gasteiger partial charge on any atom is -0.325 e. The lowest BCUT2D eigenvalue weighted by atomic mass is 10.1. The summed E-state index contributed by atoms with van der Waals surface area (Å²) < 4.78 is 0.849. The first-order valence-electron chi connectivity index (χ1n) is 6.85. The van der Waals surface area contributed by atoms with E-state index in [1.807, 2.05) is 48.5 Å². The number of hydrogen-bond donors (Lipinski definition) is 1. The van der Waals surface area contributed by atoms with E-state index in [-0.39, 0.29) is 18.2 Å². The summed E-state index contributed by atoms with van der Waals surface area (Å²) in [6, 6.07) is 14.9. The third kappa shape index (κ3) is 4.18. The topological polar surface area (TPSA) is 49.4 Å². The van der Waals surface area contributed by atoms with Gasteiger partial charge in [-0.2, -0.15) is 0 Å². The van der Waals surface area contributed by atoms with Crippen LogP contribution in [0.2, 0.25) is 0 Å². The summed E-state index contributed by atoms with van der Waals surface area (Å²) >= 11 is 3.40. The largest absolute Gasteiger partial charge is 0.325 e. The Labute approximate surface area is 138 Å². The molecule has 0 bridgehead atoms. The standard InChI is InChI=1S/C17H17BrN2O2/c1-12(21)20(2)14-9-7-13(8-10-14)11-17(22)19-16-6-4-3-5-15(16)18/h3-10H,11H2,1-2H3,(H,19,22). The minimum absolute atomic E-state index is 0.0283. The number of carbonyl (C=O) groups excluding carboxylic acids is 2. The SMILES string of the molecule is CC(=O)N(C)c1ccc(CC(=O)Nc2ccccc2Br)cc1. The predicted molar refractivity (Wildman–Crippen MR) is 92.0 cm³/mol. The van der Waals surface area contributed by atoms with Crippen LogP contribution in [-0.2, 0) is 16.0 Å². The van der Waals surface area contributed by atoms with Gasteiger partial charge >= 0.3 is 0 Å². The molecule has 0 aliphatic carbocycles. The number of anilines is 2. The van der Waals surface area contributed by atoms with Crippen LogP contribution in [0.3, 0.4) is 0 Å². The van der Waals surface area contributed by atoms with E-state index in [0.29, 0.717) is 0 Å². The molecule has 0 fully saturated rings. The van der Waals surface area contributed by atoms with Crippen molar-refractivity contribution in [2.45, 2.75) is 13.3 Å². The highest BCUT2D eigenvalue weighted by molar-refractivity contribution is 9.10. The van der Waals surface area contributed by atoms with E-state index in [9.17, 15) is 9.59 Å². The van der Waals surface area contributed by atoms with Gasteiger partial charge in [-0.3, -0.25) is 9.59 Å². The number of nitrogens with one attached hydrogen (secondary N) is 1. The van der Waals surface area contributed by atoms with Crippen molar-refractivity contribution in [2.75, 3.05) is 17.3 Å². The Kier molecular flexibility index (Phi) is 5.33. The molecule has 0 unspecified atom stereocenters. The Morgan fingerprint density at radius 3 is 2.32 bits per heavy atom. The van der Waals surface area contributed by atoms with Crippen molar-refractivity contribution in [2.24, 2.45) is 0 Å². The number of amides is 2. The van der Waals surface area contributed by atoms with Crippen LogP contribution in [0.4, 0.5) is 11.4 Å². The Balaban J connectivity index is 2.00. The Bertz CT molecular complexity index is 683. The predicted octanol–water partition coefficient (Wildman–Crippen LogP) is 3.61. The molecule has 0 atom stereocenters. The van der Waals surface area contributed by atoms with Crippen molar-refractivity contribution in [3.63, 3.8) is 0 Å². The van der Waals surface area contributed by atoms with Crippen LogP contribution >= 0.6 is 15.9 Å². The van der Waals surface area contributed by atoms with Gasteiger partial charge in [0.2, 0.25) is 11.8 Å². The summed E-state index contributed by atoms with van der Waals surface area (Å²) in [7, 11) is 1.72. The Morgan fingerprint density at radius 2 is 1.73 bits per heavy atom. The summed E-state index contributed by atoms with van der Waals surface area (Å²) in [4.78, 5) is 24.9. The third-order valence-corrected chi connectivity index (χ3v) is 4.00. The van der Waals surface area contributed by atoms with Gasteiger partial charge < -0.3 is 10.2 Å². The van der Waals surface area contributed by atoms with Crippen LogP contribution < -0.4 is 10.2 Å². The fourth-order valence-corrected chi connectivity index (χ4v) is 2.35. The molecule has 22 heavy (non-hydrogen) atoms. The Hall–Kier alpha value is -2.14. The van der Waals surface area contributed by atoms with E-state index >= 15 is 0 Å². The molecule has 0 spiro atoms. The summed E-state index contributed by atoms with van der Waals surface area (Å²) in [6.07, 6.45) is 0.283. The van der Waals surface area contributed by atoms with Crippen molar-refractivity contribution >= 4 is 39.1 Å². The molecular formula is C17H17BrN2O2. The van der Waals surface area contributed by atoms with E-state index in [1.165, 1.54) is 6.92 Å². The first-order chi connectivity index (χ1) is 10.5. The monoisotopic (exact) mass is 360 g/mol. The molecule has 2 amide bonds. The molecule has 0 saturated carbocycles. The normalized spacial score (nSPS) is 10.1. The molecule has 0 aliphatic rings. The van der Waals surface area contributed by atoms with Crippen LogP contribution in [0.1, 0.15) is 12.5 Å². The zero-order chi connectivity index (χ0) is 16.1. The highest BCUT2D eigenvalue weighted by atomic mass is 79.9. The molecule has 114 valence electrons. The first kappa shape index (κ1) is 16.2. The van der Waals surface area contributed by atoms with Crippen molar-refractivity contribution < 1.29 is 9.59 Å². The number of para-hydroxylation sites is 1. The van der Waals surface area contributed by atoms with Crippen LogP contribution in [0.25, 0.3) is 0 Å². The minimum atomic E-state index is -0.0837. The lowest BCUT2D eigenvalue weighted by molar-refractivity contribution is -0.116. The van der Waals surface area contributed by atoms with Crippen LogP contribution in [-0.4, -0.2) is 18.9 Å². The van der Waals surface area contributed by atoms with E-state index in [2.05, 4.69) is 21.2 Å². The summed E-state index contributed by atoms with van der Waals surface area (Å²) in [6.45, 7) is 1.51. The molecule has 0 aliphatic heterocycles. The number of benzene rings is 2. The molecular weight excluding hydrogens is 344 g/mol. The zero-order valence-electron chi connectivity index (χ0n) is 12.5. The maximum absolute atomic E-state index is 12.1. The maximum Gasteiger partial charge on any atom is 0.228 e. The number of carbonyl (C=O) groups is 2. The number of halogens is 1. The van der Waals surface area contributed by atoms with Crippen molar-refractivity contribution in [3.8, 4) is 0 Å². The smallest absolute Gasteiger partial charge is 0.228 e. The zero-order valence-corrected chi connectivity index (χ0v) is 14.1. The molecule has 2 aromatic rings. The molecule has 0 aromatic heterocycles. The van der Waals surface area contributed by atoms with Gasteiger partial charge in [0, 0.05) is 24.1 Å². The highest BCUT2D eigenvalue weighted by Gasteiger charge is 2.08. The van der Waals surface area contributed by atoms with Gasteiger partial charge in [0.05, 0.1) is 12.1 Å². The average molecular weight is 361 g/mol. The van der Waals surface area contributed by atoms with Gasteiger partial charge in [-0.15, -0.1) is 0 Å². The quantitative estimate of drug-likeness (QED) is 0.905. The molecule has 0 radical (unpaired) electrons. The van der Waals surface area contributed by atoms with E-state index in [4.69, 9.17) is 0 Å². The van der Waals surface area contributed by atoms with E-state index in [0.717, 1.165) is 21.4 Å². The maximum atomic E-state index is 12.1. The van der Waals surface area contributed by atoms with Crippen molar-refractivity contribution in [1.29, 1.82) is 0 Å². The first-order valence-corrected chi connectivity index (χ1v) is 7.64. The van der Waals surface area contributed by atoms with Gasteiger partial charge in [-0.25, -0.2) is 0 Å². The number of hydrogen-bond acceptors (Lipinski definition) is 2. The van der Waals surface area contributed by atoms with Crippen LogP contribution in [0.15, 0.2) is 53.0 Å². The molecule has 4 nitrogen and oxygen atoms in total. The van der Waals surface area contributed by atoms with Crippen molar-refractivity contribution in [1.82, 2.24) is 0 Å². The van der Waals surface area contributed by atoms with Gasteiger partial charge in [0.1, 0.15) is 0 Å². The summed E-state index contributed by atoms with van der Waals surface area (Å²) in [5.74, 6) is -0.112. The van der Waals surface area contributed by atoms with Crippen molar-refractivity contribution in [3.05, 3.63) is 58.6 Å². The van der Waals surface area contributed by atoms with E-state index < -0.39 is 0 Å².